The number of hydrogen-bond acceptors (Lipinski definition) is 5. The summed E-state index contributed by atoms with van der Waals surface area (Å²) in [5.74, 6) is 0.992. The first-order valence-electron chi connectivity index (χ1n) is 8.89. The van der Waals surface area contributed by atoms with Crippen LogP contribution in [0.15, 0.2) is 23.1 Å². The number of hydrogen-bond donors (Lipinski definition) is 2. The summed E-state index contributed by atoms with van der Waals surface area (Å²) in [6.07, 6.45) is 3.98. The Morgan fingerprint density at radius 2 is 1.92 bits per heavy atom. The number of nitrogens with zero attached hydrogens (tertiary/aromatic N) is 3. The summed E-state index contributed by atoms with van der Waals surface area (Å²) in [6, 6.07) is 3.69. The van der Waals surface area contributed by atoms with Crippen LogP contribution in [0.5, 0.6) is 0 Å². The quantitative estimate of drug-likeness (QED) is 0.883. The zero-order valence-electron chi connectivity index (χ0n) is 15.7. The summed E-state index contributed by atoms with van der Waals surface area (Å²) < 4.78 is 0. The Hall–Kier alpha value is -2.70. The molecule has 1 aliphatic heterocycles. The molecule has 2 aromatic rings. The standard InChI is InChI=1S/C19H25N5O2/c1-12-15(17(26)23-18(21-12)19(2,3)4)16(25)22-13-7-8-14(20-11-13)24-9-5-6-10-24/h7-8,11H,5-6,9-10H2,1-4H3,(H,22,25)(H,21,23,26). The highest BCUT2D eigenvalue weighted by molar-refractivity contribution is 6.04. The van der Waals surface area contributed by atoms with Crippen molar-refractivity contribution in [3.05, 3.63) is 45.8 Å². The van der Waals surface area contributed by atoms with Gasteiger partial charge >= 0.3 is 0 Å². The van der Waals surface area contributed by atoms with Crippen LogP contribution in [-0.4, -0.2) is 33.9 Å². The number of aromatic amines is 1. The molecule has 2 N–H and O–H groups in total. The number of aryl methyl sites for hydroxylation is 1. The number of rotatable bonds is 3. The van der Waals surface area contributed by atoms with E-state index in [0.29, 0.717) is 17.2 Å². The number of carbonyl (C=O) groups excluding carboxylic acids is 1. The number of aromatic nitrogens is 3. The number of carbonyl (C=O) groups is 1. The Labute approximate surface area is 152 Å². The molecule has 0 aromatic carbocycles. The number of amides is 1. The van der Waals surface area contributed by atoms with Gasteiger partial charge in [-0.3, -0.25) is 9.59 Å². The average molecular weight is 355 g/mol. The Morgan fingerprint density at radius 1 is 1.23 bits per heavy atom. The number of H-pyrrole nitrogens is 1. The second kappa shape index (κ2) is 6.90. The van der Waals surface area contributed by atoms with Crippen LogP contribution in [-0.2, 0) is 5.41 Å². The van der Waals surface area contributed by atoms with E-state index in [1.54, 1.807) is 19.2 Å². The summed E-state index contributed by atoms with van der Waals surface area (Å²) in [5, 5.41) is 2.74. The molecule has 0 saturated carbocycles. The lowest BCUT2D eigenvalue weighted by Crippen LogP contribution is -2.30. The summed E-state index contributed by atoms with van der Waals surface area (Å²) >= 11 is 0. The van der Waals surface area contributed by atoms with Crippen LogP contribution in [0, 0.1) is 6.92 Å². The van der Waals surface area contributed by atoms with Crippen LogP contribution in [0.4, 0.5) is 11.5 Å². The molecule has 138 valence electrons. The van der Waals surface area contributed by atoms with E-state index in [0.717, 1.165) is 18.9 Å². The van der Waals surface area contributed by atoms with Crippen LogP contribution >= 0.6 is 0 Å². The molecule has 1 aliphatic rings. The molecule has 0 atom stereocenters. The van der Waals surface area contributed by atoms with Gasteiger partial charge in [0.1, 0.15) is 17.2 Å². The minimum absolute atomic E-state index is 0.0293. The number of nitrogens with one attached hydrogen (secondary N) is 2. The van der Waals surface area contributed by atoms with Crippen molar-refractivity contribution in [2.75, 3.05) is 23.3 Å². The van der Waals surface area contributed by atoms with E-state index in [9.17, 15) is 9.59 Å². The first kappa shape index (κ1) is 18.1. The molecule has 1 saturated heterocycles. The molecule has 1 fully saturated rings. The van der Waals surface area contributed by atoms with Gasteiger partial charge in [-0.2, -0.15) is 0 Å². The highest BCUT2D eigenvalue weighted by Gasteiger charge is 2.22. The number of pyridine rings is 1. The van der Waals surface area contributed by atoms with Gasteiger partial charge in [-0.05, 0) is 31.9 Å². The smallest absolute Gasteiger partial charge is 0.264 e. The minimum atomic E-state index is -0.479. The zero-order chi connectivity index (χ0) is 18.9. The van der Waals surface area contributed by atoms with Crippen LogP contribution < -0.4 is 15.8 Å². The van der Waals surface area contributed by atoms with Crippen LogP contribution in [0.1, 0.15) is 55.5 Å². The van der Waals surface area contributed by atoms with Gasteiger partial charge < -0.3 is 15.2 Å². The highest BCUT2D eigenvalue weighted by atomic mass is 16.2. The third-order valence-electron chi connectivity index (χ3n) is 4.47. The summed E-state index contributed by atoms with van der Waals surface area (Å²) in [6.45, 7) is 9.57. The Kier molecular flexibility index (Phi) is 4.80. The van der Waals surface area contributed by atoms with Gasteiger partial charge in [0.2, 0.25) is 0 Å². The van der Waals surface area contributed by atoms with Gasteiger partial charge in [0.15, 0.2) is 0 Å². The average Bonchev–Trinajstić information content (AvgIpc) is 3.08. The van der Waals surface area contributed by atoms with E-state index in [-0.39, 0.29) is 11.0 Å². The van der Waals surface area contributed by atoms with Crippen molar-refractivity contribution in [3.8, 4) is 0 Å². The van der Waals surface area contributed by atoms with Gasteiger partial charge in [0.25, 0.3) is 11.5 Å². The first-order valence-corrected chi connectivity index (χ1v) is 8.89. The largest absolute Gasteiger partial charge is 0.357 e. The maximum absolute atomic E-state index is 12.5. The van der Waals surface area contributed by atoms with E-state index in [4.69, 9.17) is 0 Å². The lowest BCUT2D eigenvalue weighted by atomic mass is 9.95. The van der Waals surface area contributed by atoms with Crippen LogP contribution in [0.2, 0.25) is 0 Å². The molecule has 3 rings (SSSR count). The fourth-order valence-electron chi connectivity index (χ4n) is 3.00. The highest BCUT2D eigenvalue weighted by Crippen LogP contribution is 2.20. The van der Waals surface area contributed by atoms with E-state index >= 15 is 0 Å². The van der Waals surface area contributed by atoms with Crippen molar-refractivity contribution in [2.24, 2.45) is 0 Å². The maximum Gasteiger partial charge on any atom is 0.264 e. The number of anilines is 2. The molecule has 26 heavy (non-hydrogen) atoms. The fraction of sp³-hybridized carbons (Fsp3) is 0.474. The van der Waals surface area contributed by atoms with Gasteiger partial charge in [-0.25, -0.2) is 9.97 Å². The molecule has 7 nitrogen and oxygen atoms in total. The minimum Gasteiger partial charge on any atom is -0.357 e. The van der Waals surface area contributed by atoms with Crippen molar-refractivity contribution in [1.29, 1.82) is 0 Å². The molecule has 0 aliphatic carbocycles. The summed E-state index contributed by atoms with van der Waals surface area (Å²) in [7, 11) is 0. The topological polar surface area (TPSA) is 91.0 Å². The lowest BCUT2D eigenvalue weighted by molar-refractivity contribution is 0.102. The summed E-state index contributed by atoms with van der Waals surface area (Å²) in [4.78, 5) is 38.7. The summed E-state index contributed by atoms with van der Waals surface area (Å²) in [5.41, 5.74) is 0.270. The third kappa shape index (κ3) is 3.76. The molecule has 0 spiro atoms. The second-order valence-corrected chi connectivity index (χ2v) is 7.68. The molecule has 3 heterocycles. The Balaban J connectivity index is 1.79. The molecule has 7 heteroatoms. The zero-order valence-corrected chi connectivity index (χ0v) is 15.7. The molecular weight excluding hydrogens is 330 g/mol. The Morgan fingerprint density at radius 3 is 2.46 bits per heavy atom. The second-order valence-electron chi connectivity index (χ2n) is 7.68. The molecule has 2 aromatic heterocycles. The van der Waals surface area contributed by atoms with E-state index in [1.807, 2.05) is 26.8 Å². The van der Waals surface area contributed by atoms with E-state index in [1.165, 1.54) is 12.8 Å². The normalized spacial score (nSPS) is 14.5. The van der Waals surface area contributed by atoms with Gasteiger partial charge in [-0.15, -0.1) is 0 Å². The molecule has 0 bridgehead atoms. The van der Waals surface area contributed by atoms with Crippen LogP contribution in [0.3, 0.4) is 0 Å². The van der Waals surface area contributed by atoms with Crippen molar-refractivity contribution in [2.45, 2.75) is 46.0 Å². The van der Waals surface area contributed by atoms with Crippen molar-refractivity contribution < 1.29 is 4.79 Å². The van der Waals surface area contributed by atoms with Gasteiger partial charge in [-0.1, -0.05) is 20.8 Å². The lowest BCUT2D eigenvalue weighted by Gasteiger charge is -2.18. The van der Waals surface area contributed by atoms with Crippen LogP contribution in [0.25, 0.3) is 0 Å². The van der Waals surface area contributed by atoms with Crippen molar-refractivity contribution in [3.63, 3.8) is 0 Å². The maximum atomic E-state index is 12.5. The molecule has 1 amide bonds. The predicted molar refractivity (Wildman–Crippen MR) is 102 cm³/mol. The molecule has 0 radical (unpaired) electrons. The fourth-order valence-corrected chi connectivity index (χ4v) is 3.00. The monoisotopic (exact) mass is 355 g/mol. The van der Waals surface area contributed by atoms with Crippen molar-refractivity contribution >= 4 is 17.4 Å². The molecule has 0 unspecified atom stereocenters. The SMILES string of the molecule is Cc1nc(C(C)(C)C)[nH]c(=O)c1C(=O)Nc1ccc(N2CCCC2)nc1. The molecular formula is C19H25N5O2. The van der Waals surface area contributed by atoms with E-state index in [2.05, 4.69) is 25.2 Å². The predicted octanol–water partition coefficient (Wildman–Crippen LogP) is 2.62. The van der Waals surface area contributed by atoms with Crippen molar-refractivity contribution in [1.82, 2.24) is 15.0 Å². The third-order valence-corrected chi connectivity index (χ3v) is 4.47. The van der Waals surface area contributed by atoms with Gasteiger partial charge in [0.05, 0.1) is 17.6 Å². The van der Waals surface area contributed by atoms with Gasteiger partial charge in [0, 0.05) is 18.5 Å². The first-order chi connectivity index (χ1) is 12.3. The Bertz CT molecular complexity index is 859. The van der Waals surface area contributed by atoms with E-state index < -0.39 is 11.5 Å².